The third kappa shape index (κ3) is 5.11. The lowest BCUT2D eigenvalue weighted by Gasteiger charge is -2.33. The second kappa shape index (κ2) is 7.80. The summed E-state index contributed by atoms with van der Waals surface area (Å²) >= 11 is 1.44. The summed E-state index contributed by atoms with van der Waals surface area (Å²) in [7, 11) is -5.92. The second-order valence-corrected chi connectivity index (χ2v) is 10.2. The first-order valence-corrected chi connectivity index (χ1v) is 11.1. The Kier molecular flexibility index (Phi) is 6.95. The van der Waals surface area contributed by atoms with E-state index in [2.05, 4.69) is 4.74 Å². The zero-order valence-electron chi connectivity index (χ0n) is 12.1. The van der Waals surface area contributed by atoms with Gasteiger partial charge in [0.25, 0.3) is 0 Å². The molecule has 7 nitrogen and oxygen atoms in total. The summed E-state index contributed by atoms with van der Waals surface area (Å²) in [5, 5.41) is -0.996. The fraction of sp³-hybridized carbons (Fsp3) is 0.909. The Labute approximate surface area is 130 Å². The van der Waals surface area contributed by atoms with Gasteiger partial charge in [-0.3, -0.25) is 4.79 Å². The van der Waals surface area contributed by atoms with E-state index in [1.807, 2.05) is 0 Å². The number of thioether (sulfide) groups is 1. The molecule has 1 rings (SSSR count). The third-order valence-corrected chi connectivity index (χ3v) is 8.60. The van der Waals surface area contributed by atoms with Crippen LogP contribution in [-0.2, 0) is 29.4 Å². The van der Waals surface area contributed by atoms with E-state index in [1.165, 1.54) is 25.8 Å². The fourth-order valence-corrected chi connectivity index (χ4v) is 7.36. The van der Waals surface area contributed by atoms with E-state index in [4.69, 9.17) is 0 Å². The first-order valence-electron chi connectivity index (χ1n) is 6.60. The average Bonchev–Trinajstić information content (AvgIpc) is 2.46. The van der Waals surface area contributed by atoms with Crippen molar-refractivity contribution in [1.29, 1.82) is 0 Å². The molecule has 21 heavy (non-hydrogen) atoms. The molecule has 0 bridgehead atoms. The number of ether oxygens (including phenoxy) is 1. The lowest BCUT2D eigenvalue weighted by Crippen LogP contribution is -2.51. The van der Waals surface area contributed by atoms with E-state index in [1.54, 1.807) is 0 Å². The highest BCUT2D eigenvalue weighted by Gasteiger charge is 2.39. The van der Waals surface area contributed by atoms with Crippen LogP contribution in [0.3, 0.4) is 0 Å². The zero-order chi connectivity index (χ0) is 16.1. The van der Waals surface area contributed by atoms with Gasteiger partial charge in [0.2, 0.25) is 10.0 Å². The van der Waals surface area contributed by atoms with Crippen molar-refractivity contribution in [2.45, 2.75) is 25.1 Å². The number of methoxy groups -OCH3 is 1. The molecule has 1 heterocycles. The Bertz CT molecular complexity index is 557. The van der Waals surface area contributed by atoms with Gasteiger partial charge in [0, 0.05) is 30.2 Å². The average molecular weight is 359 g/mol. The largest absolute Gasteiger partial charge is 0.469 e. The highest BCUT2D eigenvalue weighted by Crippen LogP contribution is 2.24. The predicted molar refractivity (Wildman–Crippen MR) is 82.3 cm³/mol. The summed E-state index contributed by atoms with van der Waals surface area (Å²) in [6, 6.07) is 0. The Morgan fingerprint density at radius 1 is 1.33 bits per heavy atom. The number of sulfone groups is 1. The van der Waals surface area contributed by atoms with Gasteiger partial charge in [-0.1, -0.05) is 6.92 Å². The molecule has 1 fully saturated rings. The summed E-state index contributed by atoms with van der Waals surface area (Å²) in [5.74, 6) is 0.0185. The number of sulfonamides is 1. The van der Waals surface area contributed by atoms with Crippen LogP contribution in [0, 0.1) is 0 Å². The summed E-state index contributed by atoms with van der Waals surface area (Å²) in [6.45, 7) is 1.70. The zero-order valence-corrected chi connectivity index (χ0v) is 14.6. The number of carbonyl (C=O) groups is 1. The van der Waals surface area contributed by atoms with Crippen LogP contribution in [0.2, 0.25) is 0 Å². The maximum atomic E-state index is 12.3. The fourth-order valence-electron chi connectivity index (χ4n) is 1.98. The van der Waals surface area contributed by atoms with Crippen LogP contribution in [0.5, 0.6) is 0 Å². The maximum Gasteiger partial charge on any atom is 0.305 e. The quantitative estimate of drug-likeness (QED) is 0.594. The van der Waals surface area contributed by atoms with Crippen molar-refractivity contribution in [3.63, 3.8) is 0 Å². The lowest BCUT2D eigenvalue weighted by atomic mass is 10.3. The first kappa shape index (κ1) is 18.7. The highest BCUT2D eigenvalue weighted by molar-refractivity contribution is 8.01. The van der Waals surface area contributed by atoms with Crippen molar-refractivity contribution in [2.75, 3.05) is 36.7 Å². The van der Waals surface area contributed by atoms with Crippen LogP contribution in [0.1, 0.15) is 19.8 Å². The summed E-state index contributed by atoms with van der Waals surface area (Å²) in [4.78, 5) is 11.0. The summed E-state index contributed by atoms with van der Waals surface area (Å²) in [6.07, 6.45) is 0.126. The smallest absolute Gasteiger partial charge is 0.305 e. The Balaban J connectivity index is 2.81. The Hall–Kier alpha value is -0.320. The molecule has 0 aromatic rings. The van der Waals surface area contributed by atoms with Gasteiger partial charge in [0.15, 0.2) is 9.84 Å². The van der Waals surface area contributed by atoms with Crippen LogP contribution >= 0.6 is 11.8 Å². The molecule has 0 spiro atoms. The molecule has 1 unspecified atom stereocenters. The normalized spacial score (nSPS) is 21.1. The van der Waals surface area contributed by atoms with Crippen molar-refractivity contribution < 1.29 is 26.4 Å². The predicted octanol–water partition coefficient (Wildman–Crippen LogP) is 0.0790. The van der Waals surface area contributed by atoms with Gasteiger partial charge in [-0.25, -0.2) is 16.8 Å². The van der Waals surface area contributed by atoms with E-state index >= 15 is 0 Å². The van der Waals surface area contributed by atoms with Crippen LogP contribution in [0.25, 0.3) is 0 Å². The molecule has 1 aliphatic rings. The molecule has 1 saturated heterocycles. The van der Waals surface area contributed by atoms with Crippen molar-refractivity contribution >= 4 is 37.6 Å². The molecule has 0 radical (unpaired) electrons. The molecular formula is C11H21NO6S3. The minimum absolute atomic E-state index is 0.00349. The number of hydrogen-bond acceptors (Lipinski definition) is 7. The SMILES string of the molecule is CCS(=O)(=O)C1CSCCN1S(=O)(=O)CCCC(=O)OC. The molecule has 0 saturated carbocycles. The molecule has 0 N–H and O–H groups in total. The number of carbonyl (C=O) groups excluding carboxylic acids is 1. The highest BCUT2D eigenvalue weighted by atomic mass is 32.2. The summed E-state index contributed by atoms with van der Waals surface area (Å²) in [5.41, 5.74) is 0. The second-order valence-electron chi connectivity index (χ2n) is 4.59. The molecule has 1 atom stereocenters. The molecule has 124 valence electrons. The number of rotatable bonds is 7. The molecule has 0 amide bonds. The van der Waals surface area contributed by atoms with Crippen LogP contribution < -0.4 is 0 Å². The van der Waals surface area contributed by atoms with Crippen molar-refractivity contribution in [2.24, 2.45) is 0 Å². The molecule has 0 aliphatic carbocycles. The molecule has 0 aromatic carbocycles. The monoisotopic (exact) mass is 359 g/mol. The molecular weight excluding hydrogens is 338 g/mol. The van der Waals surface area contributed by atoms with Crippen molar-refractivity contribution in [3.8, 4) is 0 Å². The van der Waals surface area contributed by atoms with E-state index < -0.39 is 31.2 Å². The Morgan fingerprint density at radius 2 is 2.00 bits per heavy atom. The van der Waals surface area contributed by atoms with Crippen molar-refractivity contribution in [3.05, 3.63) is 0 Å². The van der Waals surface area contributed by atoms with Crippen molar-refractivity contribution in [1.82, 2.24) is 4.31 Å². The first-order chi connectivity index (χ1) is 9.74. The van der Waals surface area contributed by atoms with E-state index in [-0.39, 0.29) is 36.6 Å². The maximum absolute atomic E-state index is 12.3. The Morgan fingerprint density at radius 3 is 2.57 bits per heavy atom. The van der Waals surface area contributed by atoms with E-state index in [0.29, 0.717) is 5.75 Å². The number of hydrogen-bond donors (Lipinski definition) is 0. The lowest BCUT2D eigenvalue weighted by molar-refractivity contribution is -0.140. The van der Waals surface area contributed by atoms with Crippen LogP contribution in [0.4, 0.5) is 0 Å². The van der Waals surface area contributed by atoms with Crippen LogP contribution in [-0.4, -0.2) is 69.1 Å². The van der Waals surface area contributed by atoms with Gasteiger partial charge in [0.05, 0.1) is 12.9 Å². The van der Waals surface area contributed by atoms with Gasteiger partial charge in [0.1, 0.15) is 5.37 Å². The standard InChI is InChI=1S/C11H21NO6S3/c1-3-20(14,15)10-9-19-7-6-12(10)21(16,17)8-4-5-11(13)18-2/h10H,3-9H2,1-2H3. The van der Waals surface area contributed by atoms with Gasteiger partial charge in [-0.2, -0.15) is 16.1 Å². The number of nitrogens with zero attached hydrogens (tertiary/aromatic N) is 1. The minimum Gasteiger partial charge on any atom is -0.469 e. The van der Waals surface area contributed by atoms with Crippen LogP contribution in [0.15, 0.2) is 0 Å². The van der Waals surface area contributed by atoms with E-state index in [9.17, 15) is 21.6 Å². The van der Waals surface area contributed by atoms with Gasteiger partial charge < -0.3 is 4.74 Å². The molecule has 0 aromatic heterocycles. The topological polar surface area (TPSA) is 97.8 Å². The van der Waals surface area contributed by atoms with Gasteiger partial charge in [-0.15, -0.1) is 0 Å². The molecule has 1 aliphatic heterocycles. The number of esters is 1. The minimum atomic E-state index is -3.70. The molecule has 10 heteroatoms. The van der Waals surface area contributed by atoms with Gasteiger partial charge in [-0.05, 0) is 6.42 Å². The summed E-state index contributed by atoms with van der Waals surface area (Å²) < 4.78 is 54.3. The third-order valence-electron chi connectivity index (χ3n) is 3.22. The van der Waals surface area contributed by atoms with E-state index in [0.717, 1.165) is 4.31 Å². The van der Waals surface area contributed by atoms with Gasteiger partial charge >= 0.3 is 5.97 Å².